The number of carbonyl (C=O) groups excluding carboxylic acids is 1. The summed E-state index contributed by atoms with van der Waals surface area (Å²) >= 11 is 0. The first kappa shape index (κ1) is 12.4. The van der Waals surface area contributed by atoms with Gasteiger partial charge in [0.2, 0.25) is 5.71 Å². The fourth-order valence-corrected chi connectivity index (χ4v) is 1.05. The van der Waals surface area contributed by atoms with Crippen molar-refractivity contribution in [1.29, 1.82) is 10.7 Å². The van der Waals surface area contributed by atoms with Gasteiger partial charge in [0.05, 0.1) is 5.69 Å². The van der Waals surface area contributed by atoms with Crippen molar-refractivity contribution < 1.29 is 4.79 Å². The van der Waals surface area contributed by atoms with Crippen LogP contribution in [0.4, 0.5) is 5.69 Å². The van der Waals surface area contributed by atoms with Gasteiger partial charge in [0.25, 0.3) is 0 Å². The van der Waals surface area contributed by atoms with Gasteiger partial charge in [-0.3, -0.25) is 15.6 Å². The van der Waals surface area contributed by atoms with Crippen LogP contribution in [0.25, 0.3) is 0 Å². The Balaban J connectivity index is 2.80. The molecule has 6 heteroatoms. The summed E-state index contributed by atoms with van der Waals surface area (Å²) in [4.78, 5) is 11.0. The number of hydrazone groups is 1. The summed E-state index contributed by atoms with van der Waals surface area (Å²) in [5, 5.41) is 19.3. The molecule has 0 aliphatic carbocycles. The van der Waals surface area contributed by atoms with Gasteiger partial charge in [-0.05, 0) is 31.2 Å². The van der Waals surface area contributed by atoms with E-state index < -0.39 is 5.84 Å². The van der Waals surface area contributed by atoms with Gasteiger partial charge in [0.1, 0.15) is 6.07 Å². The van der Waals surface area contributed by atoms with Gasteiger partial charge in [-0.25, -0.2) is 0 Å². The molecule has 0 fully saturated rings. The molecule has 0 heterocycles. The molecule has 1 aromatic carbocycles. The Kier molecular flexibility index (Phi) is 3.95. The van der Waals surface area contributed by atoms with Gasteiger partial charge in [0.15, 0.2) is 11.6 Å². The molecule has 0 saturated heterocycles. The first-order valence-electron chi connectivity index (χ1n) is 4.73. The van der Waals surface area contributed by atoms with Crippen molar-refractivity contribution in [3.8, 4) is 6.07 Å². The lowest BCUT2D eigenvalue weighted by molar-refractivity contribution is 0.101. The Morgan fingerprint density at radius 3 is 2.47 bits per heavy atom. The first-order valence-corrected chi connectivity index (χ1v) is 4.73. The quantitative estimate of drug-likeness (QED) is 0.310. The van der Waals surface area contributed by atoms with E-state index in [1.165, 1.54) is 6.92 Å². The van der Waals surface area contributed by atoms with E-state index in [1.54, 1.807) is 30.3 Å². The summed E-state index contributed by atoms with van der Waals surface area (Å²) in [5.41, 5.74) is 8.69. The van der Waals surface area contributed by atoms with E-state index in [0.29, 0.717) is 11.3 Å². The van der Waals surface area contributed by atoms with E-state index in [4.69, 9.17) is 16.4 Å². The Bertz CT molecular complexity index is 510. The number of nitrogens with zero attached hydrogens (tertiary/aromatic N) is 2. The highest BCUT2D eigenvalue weighted by Crippen LogP contribution is 2.09. The molecular formula is C11H11N5O. The molecule has 4 N–H and O–H groups in total. The average molecular weight is 229 g/mol. The van der Waals surface area contributed by atoms with Gasteiger partial charge in [0, 0.05) is 5.56 Å². The van der Waals surface area contributed by atoms with Gasteiger partial charge in [-0.15, -0.1) is 0 Å². The highest BCUT2D eigenvalue weighted by Gasteiger charge is 2.01. The van der Waals surface area contributed by atoms with Crippen molar-refractivity contribution >= 4 is 23.0 Å². The number of nitrogens with two attached hydrogens (primary N) is 1. The number of nitrogens with one attached hydrogen (secondary N) is 2. The number of benzene rings is 1. The minimum absolute atomic E-state index is 0.0264. The summed E-state index contributed by atoms with van der Waals surface area (Å²) in [5.74, 6) is -0.429. The van der Waals surface area contributed by atoms with Crippen LogP contribution in [0.2, 0.25) is 0 Å². The zero-order valence-corrected chi connectivity index (χ0v) is 9.19. The Morgan fingerprint density at radius 1 is 1.47 bits per heavy atom. The number of Topliss-reactive ketones (excluding diaryl/α,β-unsaturated/α-hetero) is 1. The normalized spacial score (nSPS) is 10.5. The Labute approximate surface area is 98.3 Å². The summed E-state index contributed by atoms with van der Waals surface area (Å²) in [6.07, 6.45) is 0. The molecule has 0 aliphatic heterocycles. The average Bonchev–Trinajstić information content (AvgIpc) is 2.30. The molecule has 0 spiro atoms. The molecule has 0 unspecified atom stereocenters. The minimum Gasteiger partial charge on any atom is -0.382 e. The number of amidine groups is 1. The maximum Gasteiger partial charge on any atom is 0.201 e. The maximum absolute atomic E-state index is 11.0. The van der Waals surface area contributed by atoms with Crippen molar-refractivity contribution in [2.75, 3.05) is 5.43 Å². The van der Waals surface area contributed by atoms with E-state index in [2.05, 4.69) is 10.5 Å². The van der Waals surface area contributed by atoms with Crippen LogP contribution in [-0.2, 0) is 0 Å². The first-order chi connectivity index (χ1) is 8.04. The molecule has 0 atom stereocenters. The van der Waals surface area contributed by atoms with Crippen molar-refractivity contribution in [3.05, 3.63) is 29.8 Å². The molecule has 0 aromatic heterocycles. The topological polar surface area (TPSA) is 115 Å². The SMILES string of the molecule is CC(=O)c1ccc(N/N=C(\C#N)C(=N)N)cc1. The zero-order valence-electron chi connectivity index (χ0n) is 9.19. The molecule has 0 saturated carbocycles. The molecule has 0 radical (unpaired) electrons. The molecule has 86 valence electrons. The van der Waals surface area contributed by atoms with Gasteiger partial charge in [-0.1, -0.05) is 0 Å². The van der Waals surface area contributed by atoms with E-state index in [-0.39, 0.29) is 11.5 Å². The number of nitriles is 1. The molecule has 17 heavy (non-hydrogen) atoms. The monoisotopic (exact) mass is 229 g/mol. The largest absolute Gasteiger partial charge is 0.382 e. The Hall–Kier alpha value is -2.68. The maximum atomic E-state index is 11.0. The van der Waals surface area contributed by atoms with Gasteiger partial charge >= 0.3 is 0 Å². The summed E-state index contributed by atoms with van der Waals surface area (Å²) < 4.78 is 0. The van der Waals surface area contributed by atoms with E-state index in [1.807, 2.05) is 0 Å². The second-order valence-corrected chi connectivity index (χ2v) is 3.23. The van der Waals surface area contributed by atoms with Crippen molar-refractivity contribution in [3.63, 3.8) is 0 Å². The smallest absolute Gasteiger partial charge is 0.201 e. The third-order valence-electron chi connectivity index (χ3n) is 1.95. The van der Waals surface area contributed by atoms with Crippen LogP contribution < -0.4 is 11.2 Å². The van der Waals surface area contributed by atoms with Gasteiger partial charge < -0.3 is 5.73 Å². The lowest BCUT2D eigenvalue weighted by atomic mass is 10.1. The highest BCUT2D eigenvalue weighted by atomic mass is 16.1. The predicted octanol–water partition coefficient (Wildman–Crippen LogP) is 1.12. The number of anilines is 1. The lowest BCUT2D eigenvalue weighted by Crippen LogP contribution is -2.21. The van der Waals surface area contributed by atoms with Crippen molar-refractivity contribution in [1.82, 2.24) is 0 Å². The molecule has 1 rings (SSSR count). The second-order valence-electron chi connectivity index (χ2n) is 3.23. The van der Waals surface area contributed by atoms with Crippen LogP contribution in [-0.4, -0.2) is 17.3 Å². The summed E-state index contributed by atoms with van der Waals surface area (Å²) in [6.45, 7) is 1.48. The third kappa shape index (κ3) is 3.43. The number of rotatable bonds is 4. The standard InChI is InChI=1S/C11H11N5O/c1-7(17)8-2-4-9(5-3-8)15-16-10(6-12)11(13)14/h2-5,15H,1H3,(H3,13,14)/b16-10+. The third-order valence-corrected chi connectivity index (χ3v) is 1.95. The van der Waals surface area contributed by atoms with Crippen LogP contribution in [0.3, 0.4) is 0 Å². The van der Waals surface area contributed by atoms with Crippen molar-refractivity contribution in [2.45, 2.75) is 6.92 Å². The lowest BCUT2D eigenvalue weighted by Gasteiger charge is -2.01. The van der Waals surface area contributed by atoms with E-state index in [9.17, 15) is 4.79 Å². The fourth-order valence-electron chi connectivity index (χ4n) is 1.05. The van der Waals surface area contributed by atoms with E-state index >= 15 is 0 Å². The Morgan fingerprint density at radius 2 is 2.06 bits per heavy atom. The van der Waals surface area contributed by atoms with Crippen LogP contribution in [0.5, 0.6) is 0 Å². The number of hydrogen-bond acceptors (Lipinski definition) is 5. The number of hydrogen-bond donors (Lipinski definition) is 3. The van der Waals surface area contributed by atoms with E-state index in [0.717, 1.165) is 0 Å². The molecular weight excluding hydrogens is 218 g/mol. The summed E-state index contributed by atoms with van der Waals surface area (Å²) in [7, 11) is 0. The second kappa shape index (κ2) is 5.42. The van der Waals surface area contributed by atoms with Gasteiger partial charge in [-0.2, -0.15) is 10.4 Å². The van der Waals surface area contributed by atoms with Crippen LogP contribution in [0, 0.1) is 16.7 Å². The van der Waals surface area contributed by atoms with Crippen LogP contribution in [0.1, 0.15) is 17.3 Å². The highest BCUT2D eigenvalue weighted by molar-refractivity contribution is 6.45. The zero-order chi connectivity index (χ0) is 12.8. The molecule has 0 bridgehead atoms. The molecule has 0 amide bonds. The predicted molar refractivity (Wildman–Crippen MR) is 65.0 cm³/mol. The molecule has 6 nitrogen and oxygen atoms in total. The van der Waals surface area contributed by atoms with Crippen LogP contribution in [0.15, 0.2) is 29.4 Å². The van der Waals surface area contributed by atoms with Crippen molar-refractivity contribution in [2.24, 2.45) is 10.8 Å². The van der Waals surface area contributed by atoms with Crippen LogP contribution >= 0.6 is 0 Å². The number of ketones is 1. The molecule has 0 aliphatic rings. The molecule has 1 aromatic rings. The number of carbonyl (C=O) groups is 1. The fraction of sp³-hybridized carbons (Fsp3) is 0.0909. The minimum atomic E-state index is -0.402. The summed E-state index contributed by atoms with van der Waals surface area (Å²) in [6, 6.07) is 8.26.